The number of anilines is 1. The van der Waals surface area contributed by atoms with Crippen molar-refractivity contribution in [3.05, 3.63) is 60.4 Å². The van der Waals surface area contributed by atoms with Crippen LogP contribution in [0, 0.1) is 6.92 Å². The number of hydrogen-bond donors (Lipinski definition) is 2. The van der Waals surface area contributed by atoms with E-state index in [-0.39, 0.29) is 4.90 Å². The summed E-state index contributed by atoms with van der Waals surface area (Å²) in [7, 11) is -2.00. The Morgan fingerprint density at radius 3 is 2.58 bits per heavy atom. The second-order valence-corrected chi connectivity index (χ2v) is 9.80. The lowest BCUT2D eigenvalue weighted by molar-refractivity contribution is -0.117. The monoisotopic (exact) mass is 459 g/mol. The molecule has 0 spiro atoms. The van der Waals surface area contributed by atoms with Gasteiger partial charge in [0, 0.05) is 18.3 Å². The Balaban J connectivity index is 1.79. The van der Waals surface area contributed by atoms with Crippen LogP contribution in [0.15, 0.2) is 59.8 Å². The highest BCUT2D eigenvalue weighted by Gasteiger charge is 2.25. The van der Waals surface area contributed by atoms with Gasteiger partial charge in [-0.25, -0.2) is 8.42 Å². The van der Waals surface area contributed by atoms with Gasteiger partial charge in [0.1, 0.15) is 12.4 Å². The normalized spacial score (nSPS) is 12.5. The van der Waals surface area contributed by atoms with Crippen molar-refractivity contribution >= 4 is 33.4 Å². The van der Waals surface area contributed by atoms with Crippen LogP contribution in [0.3, 0.4) is 0 Å². The summed E-state index contributed by atoms with van der Waals surface area (Å²) in [6, 6.07) is 12.8. The predicted molar refractivity (Wildman–Crippen MR) is 123 cm³/mol. The molecule has 1 unspecified atom stereocenters. The summed E-state index contributed by atoms with van der Waals surface area (Å²) in [6.45, 7) is 1.88. The molecule has 1 heterocycles. The van der Waals surface area contributed by atoms with Gasteiger partial charge in [-0.05, 0) is 49.6 Å². The number of thioether (sulfide) groups is 1. The SMILES string of the molecule is CSCCC(NS(=O)(=O)c1ccc(C)cc1)C(=O)Nc1cccc(-c2nncn2C)c1. The highest BCUT2D eigenvalue weighted by molar-refractivity contribution is 7.98. The first-order chi connectivity index (χ1) is 14.8. The molecule has 31 heavy (non-hydrogen) atoms. The maximum Gasteiger partial charge on any atom is 0.242 e. The van der Waals surface area contributed by atoms with Crippen LogP contribution in [-0.4, -0.2) is 47.1 Å². The Hall–Kier alpha value is -2.69. The molecular weight excluding hydrogens is 434 g/mol. The van der Waals surface area contributed by atoms with Crippen LogP contribution in [0.2, 0.25) is 0 Å². The first kappa shape index (κ1) is 23.0. The van der Waals surface area contributed by atoms with E-state index in [2.05, 4.69) is 20.2 Å². The molecule has 1 atom stereocenters. The van der Waals surface area contributed by atoms with E-state index < -0.39 is 22.0 Å². The minimum absolute atomic E-state index is 0.129. The third-order valence-electron chi connectivity index (χ3n) is 4.66. The van der Waals surface area contributed by atoms with Crippen LogP contribution in [-0.2, 0) is 21.9 Å². The minimum Gasteiger partial charge on any atom is -0.325 e. The van der Waals surface area contributed by atoms with E-state index in [0.717, 1.165) is 11.1 Å². The zero-order valence-electron chi connectivity index (χ0n) is 17.6. The zero-order chi connectivity index (χ0) is 22.4. The van der Waals surface area contributed by atoms with Crippen LogP contribution >= 0.6 is 11.8 Å². The molecule has 3 rings (SSSR count). The molecule has 0 fully saturated rings. The van der Waals surface area contributed by atoms with E-state index in [1.807, 2.05) is 26.3 Å². The molecule has 0 aliphatic carbocycles. The average molecular weight is 460 g/mol. The Bertz CT molecular complexity index is 1140. The zero-order valence-corrected chi connectivity index (χ0v) is 19.2. The Labute approximate surface area is 186 Å². The third kappa shape index (κ3) is 5.93. The summed E-state index contributed by atoms with van der Waals surface area (Å²) in [4.78, 5) is 13.1. The van der Waals surface area contributed by atoms with E-state index in [1.54, 1.807) is 53.0 Å². The van der Waals surface area contributed by atoms with Crippen molar-refractivity contribution in [1.29, 1.82) is 0 Å². The Kier molecular flexibility index (Phi) is 7.47. The summed E-state index contributed by atoms with van der Waals surface area (Å²) in [5, 5.41) is 10.8. The smallest absolute Gasteiger partial charge is 0.242 e. The molecule has 0 aliphatic heterocycles. The number of rotatable bonds is 9. The lowest BCUT2D eigenvalue weighted by atomic mass is 10.1. The molecule has 0 bridgehead atoms. The van der Waals surface area contributed by atoms with Crippen LogP contribution < -0.4 is 10.0 Å². The molecule has 8 nitrogen and oxygen atoms in total. The molecule has 2 aromatic carbocycles. The summed E-state index contributed by atoms with van der Waals surface area (Å²) < 4.78 is 29.9. The second-order valence-electron chi connectivity index (χ2n) is 7.10. The fourth-order valence-corrected chi connectivity index (χ4v) is 4.66. The van der Waals surface area contributed by atoms with Crippen molar-refractivity contribution in [2.75, 3.05) is 17.3 Å². The highest BCUT2D eigenvalue weighted by Crippen LogP contribution is 2.21. The van der Waals surface area contributed by atoms with Crippen molar-refractivity contribution in [1.82, 2.24) is 19.5 Å². The van der Waals surface area contributed by atoms with E-state index in [9.17, 15) is 13.2 Å². The predicted octanol–water partition coefficient (Wildman–Crippen LogP) is 2.83. The minimum atomic E-state index is -3.83. The van der Waals surface area contributed by atoms with E-state index in [1.165, 1.54) is 12.1 Å². The number of carbonyl (C=O) groups is 1. The molecule has 164 valence electrons. The topological polar surface area (TPSA) is 106 Å². The molecule has 0 aliphatic rings. The van der Waals surface area contributed by atoms with E-state index in [0.29, 0.717) is 23.7 Å². The summed E-state index contributed by atoms with van der Waals surface area (Å²) in [5.41, 5.74) is 2.30. The average Bonchev–Trinajstić information content (AvgIpc) is 3.17. The number of sulfonamides is 1. The number of benzene rings is 2. The molecule has 2 N–H and O–H groups in total. The summed E-state index contributed by atoms with van der Waals surface area (Å²) in [6.07, 6.45) is 3.87. The fourth-order valence-electron chi connectivity index (χ4n) is 2.96. The summed E-state index contributed by atoms with van der Waals surface area (Å²) >= 11 is 1.55. The number of amides is 1. The van der Waals surface area contributed by atoms with Crippen LogP contribution in [0.25, 0.3) is 11.4 Å². The van der Waals surface area contributed by atoms with Gasteiger partial charge in [-0.3, -0.25) is 4.79 Å². The van der Waals surface area contributed by atoms with Gasteiger partial charge < -0.3 is 9.88 Å². The number of carbonyl (C=O) groups excluding carboxylic acids is 1. The van der Waals surface area contributed by atoms with Gasteiger partial charge in [-0.15, -0.1) is 10.2 Å². The summed E-state index contributed by atoms with van der Waals surface area (Å²) in [5.74, 6) is 0.878. The second kappa shape index (κ2) is 10.1. The van der Waals surface area contributed by atoms with Crippen molar-refractivity contribution in [3.8, 4) is 11.4 Å². The van der Waals surface area contributed by atoms with E-state index >= 15 is 0 Å². The number of nitrogens with zero attached hydrogens (tertiary/aromatic N) is 3. The van der Waals surface area contributed by atoms with Gasteiger partial charge in [0.15, 0.2) is 5.82 Å². The lowest BCUT2D eigenvalue weighted by Crippen LogP contribution is -2.44. The molecule has 3 aromatic rings. The number of hydrogen-bond acceptors (Lipinski definition) is 6. The molecule has 0 saturated heterocycles. The molecule has 1 amide bonds. The van der Waals surface area contributed by atoms with Gasteiger partial charge in [0.25, 0.3) is 0 Å². The van der Waals surface area contributed by atoms with Gasteiger partial charge in [0.05, 0.1) is 4.90 Å². The molecule has 0 saturated carbocycles. The van der Waals surface area contributed by atoms with Gasteiger partial charge in [0.2, 0.25) is 15.9 Å². The number of aromatic nitrogens is 3. The largest absolute Gasteiger partial charge is 0.325 e. The quantitative estimate of drug-likeness (QED) is 0.510. The van der Waals surface area contributed by atoms with Crippen LogP contribution in [0.5, 0.6) is 0 Å². The highest BCUT2D eigenvalue weighted by atomic mass is 32.2. The maximum absolute atomic E-state index is 13.0. The van der Waals surface area contributed by atoms with Crippen molar-refractivity contribution in [2.45, 2.75) is 24.3 Å². The molecule has 0 radical (unpaired) electrons. The van der Waals surface area contributed by atoms with E-state index in [4.69, 9.17) is 0 Å². The van der Waals surface area contributed by atoms with Crippen molar-refractivity contribution in [2.24, 2.45) is 7.05 Å². The van der Waals surface area contributed by atoms with Gasteiger partial charge in [-0.2, -0.15) is 16.5 Å². The number of nitrogens with one attached hydrogen (secondary N) is 2. The van der Waals surface area contributed by atoms with Crippen molar-refractivity contribution < 1.29 is 13.2 Å². The fraction of sp³-hybridized carbons (Fsp3) is 0.286. The van der Waals surface area contributed by atoms with Crippen LogP contribution in [0.4, 0.5) is 5.69 Å². The maximum atomic E-state index is 13.0. The van der Waals surface area contributed by atoms with Gasteiger partial charge >= 0.3 is 0 Å². The molecule has 1 aromatic heterocycles. The lowest BCUT2D eigenvalue weighted by Gasteiger charge is -2.18. The first-order valence-corrected chi connectivity index (χ1v) is 12.5. The first-order valence-electron chi connectivity index (χ1n) is 9.63. The third-order valence-corrected chi connectivity index (χ3v) is 6.79. The molecular formula is C21H25N5O3S2. The number of aryl methyl sites for hydroxylation is 2. The molecule has 10 heteroatoms. The van der Waals surface area contributed by atoms with Gasteiger partial charge in [-0.1, -0.05) is 29.8 Å². The van der Waals surface area contributed by atoms with Crippen LogP contribution in [0.1, 0.15) is 12.0 Å². The Morgan fingerprint density at radius 2 is 1.94 bits per heavy atom. The van der Waals surface area contributed by atoms with Crippen molar-refractivity contribution in [3.63, 3.8) is 0 Å². The Morgan fingerprint density at radius 1 is 1.19 bits per heavy atom. The standard InChI is InChI=1S/C21H25N5O3S2/c1-15-7-9-18(10-8-15)31(28,29)25-19(11-12-30-3)21(27)23-17-6-4-5-16(13-17)20-24-22-14-26(20)2/h4-10,13-14,19,25H,11-12H2,1-3H3,(H,23,27).